The van der Waals surface area contributed by atoms with E-state index in [1.54, 1.807) is 7.11 Å². The number of hydrogen-bond acceptors (Lipinski definition) is 6. The van der Waals surface area contributed by atoms with Crippen LogP contribution in [0.3, 0.4) is 0 Å². The van der Waals surface area contributed by atoms with E-state index < -0.39 is 0 Å². The van der Waals surface area contributed by atoms with Crippen LogP contribution in [-0.4, -0.2) is 44.2 Å². The van der Waals surface area contributed by atoms with E-state index >= 15 is 0 Å². The summed E-state index contributed by atoms with van der Waals surface area (Å²) >= 11 is 1.53. The van der Waals surface area contributed by atoms with Gasteiger partial charge in [-0.15, -0.1) is 11.3 Å². The van der Waals surface area contributed by atoms with Crippen molar-refractivity contribution in [3.63, 3.8) is 0 Å². The van der Waals surface area contributed by atoms with Gasteiger partial charge in [-0.3, -0.25) is 4.79 Å². The maximum absolute atomic E-state index is 12.5. The molecule has 0 unspecified atom stereocenters. The molecule has 0 bridgehead atoms. The molecule has 0 radical (unpaired) electrons. The molecule has 0 atom stereocenters. The highest BCUT2D eigenvalue weighted by atomic mass is 32.1. The van der Waals surface area contributed by atoms with E-state index in [1.807, 2.05) is 42.6 Å². The predicted octanol–water partition coefficient (Wildman–Crippen LogP) is 3.72. The van der Waals surface area contributed by atoms with Gasteiger partial charge in [0, 0.05) is 49.9 Å². The Kier molecular flexibility index (Phi) is 6.18. The Morgan fingerprint density at radius 1 is 1.10 bits per heavy atom. The molecule has 1 saturated heterocycles. The third kappa shape index (κ3) is 4.74. The largest absolute Gasteiger partial charge is 0.497 e. The Balaban J connectivity index is 1.32. The van der Waals surface area contributed by atoms with Crippen molar-refractivity contribution in [2.75, 3.05) is 43.1 Å². The highest BCUT2D eigenvalue weighted by Gasteiger charge is 2.21. The number of rotatable bonds is 6. The number of methoxy groups -OCH3 is 1. The van der Waals surface area contributed by atoms with Crippen molar-refractivity contribution >= 4 is 28.1 Å². The Hall–Kier alpha value is -3.06. The normalized spacial score (nSPS) is 13.9. The molecule has 4 rings (SSSR count). The van der Waals surface area contributed by atoms with Crippen molar-refractivity contribution in [3.8, 4) is 5.75 Å². The molecule has 0 saturated carbocycles. The van der Waals surface area contributed by atoms with Gasteiger partial charge in [0.2, 0.25) is 0 Å². The van der Waals surface area contributed by atoms with Crippen LogP contribution in [0.5, 0.6) is 5.75 Å². The van der Waals surface area contributed by atoms with E-state index in [9.17, 15) is 4.79 Å². The third-order valence-corrected chi connectivity index (χ3v) is 6.13. The van der Waals surface area contributed by atoms with E-state index in [0.717, 1.165) is 42.6 Å². The molecule has 2 heterocycles. The van der Waals surface area contributed by atoms with Gasteiger partial charge in [0.05, 0.1) is 7.11 Å². The van der Waals surface area contributed by atoms with Gasteiger partial charge < -0.3 is 19.9 Å². The molecule has 1 aromatic heterocycles. The van der Waals surface area contributed by atoms with Gasteiger partial charge in [-0.25, -0.2) is 4.98 Å². The molecule has 1 aliphatic heterocycles. The van der Waals surface area contributed by atoms with Gasteiger partial charge in [0.15, 0.2) is 5.13 Å². The molecular formula is C23H26N4O2S. The lowest BCUT2D eigenvalue weighted by Gasteiger charge is -2.36. The molecule has 1 aliphatic rings. The van der Waals surface area contributed by atoms with Gasteiger partial charge in [-0.2, -0.15) is 0 Å². The van der Waals surface area contributed by atoms with Crippen LogP contribution in [0.25, 0.3) is 0 Å². The number of nitrogens with zero attached hydrogens (tertiary/aromatic N) is 3. The minimum absolute atomic E-state index is 0.131. The molecule has 156 valence electrons. The van der Waals surface area contributed by atoms with Crippen LogP contribution >= 0.6 is 11.3 Å². The van der Waals surface area contributed by atoms with Crippen molar-refractivity contribution < 1.29 is 9.53 Å². The number of carbonyl (C=O) groups excluding carboxylic acids is 1. The quantitative estimate of drug-likeness (QED) is 0.656. The van der Waals surface area contributed by atoms with Crippen LogP contribution in [0.15, 0.2) is 53.9 Å². The number of aryl methyl sites for hydroxylation is 1. The lowest BCUT2D eigenvalue weighted by Crippen LogP contribution is -2.46. The average molecular weight is 423 g/mol. The molecule has 3 aromatic rings. The van der Waals surface area contributed by atoms with E-state index in [0.29, 0.717) is 12.2 Å². The number of ether oxygens (including phenoxy) is 1. The zero-order valence-electron chi connectivity index (χ0n) is 17.3. The van der Waals surface area contributed by atoms with Gasteiger partial charge >= 0.3 is 0 Å². The Morgan fingerprint density at radius 3 is 2.63 bits per heavy atom. The molecule has 30 heavy (non-hydrogen) atoms. The molecule has 0 spiro atoms. The summed E-state index contributed by atoms with van der Waals surface area (Å²) in [6, 6.07) is 16.3. The van der Waals surface area contributed by atoms with Gasteiger partial charge in [0.1, 0.15) is 11.4 Å². The maximum atomic E-state index is 12.5. The zero-order chi connectivity index (χ0) is 20.9. The summed E-state index contributed by atoms with van der Waals surface area (Å²) in [6.07, 6.45) is 0. The first-order valence-electron chi connectivity index (χ1n) is 10.1. The van der Waals surface area contributed by atoms with Crippen LogP contribution in [0, 0.1) is 6.92 Å². The number of hydrogen-bond donors (Lipinski definition) is 1. The summed E-state index contributed by atoms with van der Waals surface area (Å²) in [6.45, 7) is 6.10. The molecule has 6 nitrogen and oxygen atoms in total. The number of anilines is 2. The number of amides is 1. The fraction of sp³-hybridized carbons (Fsp3) is 0.304. The molecule has 7 heteroatoms. The SMILES string of the molecule is COc1cccc(N2CCN(c3nc(C(=O)NCc4cccc(C)c4)cs3)CC2)c1. The van der Waals surface area contributed by atoms with Gasteiger partial charge in [-0.05, 0) is 24.6 Å². The lowest BCUT2D eigenvalue weighted by molar-refractivity contribution is 0.0946. The van der Waals surface area contributed by atoms with E-state index in [4.69, 9.17) is 4.74 Å². The van der Waals surface area contributed by atoms with Crippen molar-refractivity contribution in [1.29, 1.82) is 0 Å². The van der Waals surface area contributed by atoms with Crippen molar-refractivity contribution in [3.05, 3.63) is 70.7 Å². The van der Waals surface area contributed by atoms with Crippen LogP contribution < -0.4 is 19.9 Å². The summed E-state index contributed by atoms with van der Waals surface area (Å²) in [5, 5.41) is 5.71. The zero-order valence-corrected chi connectivity index (χ0v) is 18.1. The highest BCUT2D eigenvalue weighted by molar-refractivity contribution is 7.13. The standard InChI is InChI=1S/C23H26N4O2S/c1-17-5-3-6-18(13-17)15-24-22(28)21-16-30-23(25-21)27-11-9-26(10-12-27)19-7-4-8-20(14-19)29-2/h3-8,13-14,16H,9-12,15H2,1-2H3,(H,24,28). The predicted molar refractivity (Wildman–Crippen MR) is 122 cm³/mol. The number of piperazine rings is 1. The van der Waals surface area contributed by atoms with Crippen LogP contribution in [0.1, 0.15) is 21.6 Å². The van der Waals surface area contributed by atoms with Crippen LogP contribution in [-0.2, 0) is 6.54 Å². The maximum Gasteiger partial charge on any atom is 0.271 e. The second-order valence-corrected chi connectivity index (χ2v) is 8.20. The van der Waals surface area contributed by atoms with Crippen LogP contribution in [0.2, 0.25) is 0 Å². The Labute approximate surface area is 181 Å². The first-order valence-corrected chi connectivity index (χ1v) is 10.9. The third-order valence-electron chi connectivity index (χ3n) is 5.23. The molecule has 1 fully saturated rings. The Morgan fingerprint density at radius 2 is 1.87 bits per heavy atom. The van der Waals surface area contributed by atoms with Gasteiger partial charge in [0.25, 0.3) is 5.91 Å². The fourth-order valence-electron chi connectivity index (χ4n) is 3.57. The number of thiazole rings is 1. The van der Waals surface area contributed by atoms with Crippen molar-refractivity contribution in [2.24, 2.45) is 0 Å². The number of carbonyl (C=O) groups is 1. The van der Waals surface area contributed by atoms with Crippen molar-refractivity contribution in [1.82, 2.24) is 10.3 Å². The summed E-state index contributed by atoms with van der Waals surface area (Å²) in [5.41, 5.74) is 3.93. The average Bonchev–Trinajstić information content (AvgIpc) is 3.28. The Bertz CT molecular complexity index is 1010. The topological polar surface area (TPSA) is 57.7 Å². The summed E-state index contributed by atoms with van der Waals surface area (Å²) in [5.74, 6) is 0.741. The molecule has 2 aromatic carbocycles. The molecule has 1 amide bonds. The lowest BCUT2D eigenvalue weighted by atomic mass is 10.1. The monoisotopic (exact) mass is 422 g/mol. The van der Waals surface area contributed by atoms with E-state index in [2.05, 4.69) is 38.3 Å². The molecular weight excluding hydrogens is 396 g/mol. The molecule has 0 aliphatic carbocycles. The minimum atomic E-state index is -0.131. The highest BCUT2D eigenvalue weighted by Crippen LogP contribution is 2.25. The second-order valence-electron chi connectivity index (χ2n) is 7.36. The first-order chi connectivity index (χ1) is 14.6. The van der Waals surface area contributed by atoms with Crippen molar-refractivity contribution in [2.45, 2.75) is 13.5 Å². The number of benzene rings is 2. The number of aromatic nitrogens is 1. The smallest absolute Gasteiger partial charge is 0.271 e. The molecule has 1 N–H and O–H groups in total. The second kappa shape index (κ2) is 9.17. The van der Waals surface area contributed by atoms with Gasteiger partial charge in [-0.1, -0.05) is 35.9 Å². The summed E-state index contributed by atoms with van der Waals surface area (Å²) in [4.78, 5) is 21.7. The fourth-order valence-corrected chi connectivity index (χ4v) is 4.43. The number of nitrogens with one attached hydrogen (secondary N) is 1. The summed E-state index contributed by atoms with van der Waals surface area (Å²) < 4.78 is 5.33. The van der Waals surface area contributed by atoms with E-state index in [1.165, 1.54) is 22.6 Å². The first kappa shape index (κ1) is 20.2. The summed E-state index contributed by atoms with van der Waals surface area (Å²) in [7, 11) is 1.69. The van der Waals surface area contributed by atoms with Crippen LogP contribution in [0.4, 0.5) is 10.8 Å². The van der Waals surface area contributed by atoms with E-state index in [-0.39, 0.29) is 5.91 Å². The minimum Gasteiger partial charge on any atom is -0.497 e.